The summed E-state index contributed by atoms with van der Waals surface area (Å²) in [5, 5.41) is 0.371. The maximum absolute atomic E-state index is 12.5. The predicted molar refractivity (Wildman–Crippen MR) is 97.6 cm³/mol. The summed E-state index contributed by atoms with van der Waals surface area (Å²) in [6.45, 7) is 0. The van der Waals surface area contributed by atoms with Gasteiger partial charge in [0.25, 0.3) is 0 Å². The van der Waals surface area contributed by atoms with Crippen LogP contribution in [0.15, 0.2) is 57.7 Å². The Hall–Kier alpha value is -2.85. The summed E-state index contributed by atoms with van der Waals surface area (Å²) in [6, 6.07) is 9.96. The topological polar surface area (TPSA) is 90.7 Å². The van der Waals surface area contributed by atoms with Crippen molar-refractivity contribution in [2.45, 2.75) is 11.9 Å². The van der Waals surface area contributed by atoms with Crippen molar-refractivity contribution in [2.24, 2.45) is 0 Å². The van der Waals surface area contributed by atoms with E-state index in [0.717, 1.165) is 24.3 Å². The molecule has 0 unspecified atom stereocenters. The first-order valence-electron chi connectivity index (χ1n) is 7.82. The van der Waals surface area contributed by atoms with E-state index in [1.54, 1.807) is 12.1 Å². The van der Waals surface area contributed by atoms with Gasteiger partial charge in [0.2, 0.25) is 0 Å². The fraction of sp³-hybridized carbons (Fsp3) is 0.111. The Morgan fingerprint density at radius 1 is 1.10 bits per heavy atom. The first kappa shape index (κ1) is 20.9. The van der Waals surface area contributed by atoms with Gasteiger partial charge < -0.3 is 8.60 Å². The molecule has 0 bridgehead atoms. The molecule has 0 saturated carbocycles. The summed E-state index contributed by atoms with van der Waals surface area (Å²) >= 11 is 5.85. The highest BCUT2D eigenvalue weighted by Crippen LogP contribution is 2.30. The molecule has 0 atom stereocenters. The first-order chi connectivity index (χ1) is 13.5. The van der Waals surface area contributed by atoms with Crippen LogP contribution in [0.5, 0.6) is 5.75 Å². The van der Waals surface area contributed by atoms with E-state index in [-0.39, 0.29) is 28.5 Å². The van der Waals surface area contributed by atoms with Crippen LogP contribution in [-0.2, 0) is 16.5 Å². The summed E-state index contributed by atoms with van der Waals surface area (Å²) in [5.41, 5.74) is -6.08. The van der Waals surface area contributed by atoms with E-state index in [2.05, 4.69) is 4.18 Å². The Labute approximate surface area is 166 Å². The molecule has 0 amide bonds. The van der Waals surface area contributed by atoms with Gasteiger partial charge in [-0.3, -0.25) is 4.79 Å². The highest BCUT2D eigenvalue weighted by atomic mass is 35.5. The van der Waals surface area contributed by atoms with Crippen LogP contribution in [0.25, 0.3) is 11.0 Å². The molecule has 0 N–H and O–H groups in total. The lowest BCUT2D eigenvalue weighted by Gasteiger charge is -2.11. The molecule has 29 heavy (non-hydrogen) atoms. The normalized spacial score (nSPS) is 12.1. The van der Waals surface area contributed by atoms with Gasteiger partial charge in [-0.2, -0.15) is 21.6 Å². The number of hydrogen-bond donors (Lipinski definition) is 0. The molecule has 0 fully saturated rings. The minimum Gasteiger partial charge on any atom is -0.423 e. The third-order valence-electron chi connectivity index (χ3n) is 3.79. The van der Waals surface area contributed by atoms with E-state index in [0.29, 0.717) is 5.02 Å². The summed E-state index contributed by atoms with van der Waals surface area (Å²) in [7, 11) is -5.89. The highest BCUT2D eigenvalue weighted by molar-refractivity contribution is 7.88. The summed E-state index contributed by atoms with van der Waals surface area (Å²) in [6.07, 6.45) is -0.308. The Bertz CT molecular complexity index is 1260. The summed E-state index contributed by atoms with van der Waals surface area (Å²) < 4.78 is 69.0. The number of rotatable bonds is 5. The number of Topliss-reactive ketones (excluding diaryl/α,β-unsaturated/α-hetero) is 1. The van der Waals surface area contributed by atoms with Gasteiger partial charge in [0.1, 0.15) is 11.3 Å². The van der Waals surface area contributed by atoms with E-state index in [1.807, 2.05) is 0 Å². The number of alkyl halides is 3. The van der Waals surface area contributed by atoms with Gasteiger partial charge in [-0.15, -0.1) is 0 Å². The smallest absolute Gasteiger partial charge is 0.423 e. The maximum atomic E-state index is 12.5. The largest absolute Gasteiger partial charge is 0.534 e. The number of ketones is 1. The molecule has 3 rings (SSSR count). The van der Waals surface area contributed by atoms with Crippen molar-refractivity contribution in [3.8, 4) is 5.75 Å². The highest BCUT2D eigenvalue weighted by Gasteiger charge is 2.48. The third-order valence-corrected chi connectivity index (χ3v) is 5.00. The van der Waals surface area contributed by atoms with Crippen molar-refractivity contribution in [1.29, 1.82) is 0 Å². The zero-order valence-electron chi connectivity index (χ0n) is 14.2. The van der Waals surface area contributed by atoms with Gasteiger partial charge in [0.15, 0.2) is 5.78 Å². The molecule has 1 heterocycles. The second-order valence-corrected chi connectivity index (χ2v) is 7.82. The zero-order valence-corrected chi connectivity index (χ0v) is 15.8. The molecule has 0 radical (unpaired) electrons. The third kappa shape index (κ3) is 4.60. The Balaban J connectivity index is 2.03. The van der Waals surface area contributed by atoms with Crippen molar-refractivity contribution in [1.82, 2.24) is 0 Å². The average molecular weight is 447 g/mol. The van der Waals surface area contributed by atoms with Gasteiger partial charge in [0.05, 0.1) is 0 Å². The molecule has 1 aromatic heterocycles. The van der Waals surface area contributed by atoms with Gasteiger partial charge >= 0.3 is 21.3 Å². The van der Waals surface area contributed by atoms with E-state index >= 15 is 0 Å². The lowest BCUT2D eigenvalue weighted by atomic mass is 10.0. The van der Waals surface area contributed by atoms with Crippen molar-refractivity contribution >= 4 is 38.5 Å². The monoisotopic (exact) mass is 446 g/mol. The molecular weight excluding hydrogens is 437 g/mol. The minimum atomic E-state index is -5.89. The number of hydrogen-bond acceptors (Lipinski definition) is 6. The van der Waals surface area contributed by atoms with Gasteiger partial charge in [-0.05, 0) is 35.9 Å². The van der Waals surface area contributed by atoms with Crippen molar-refractivity contribution in [2.75, 3.05) is 0 Å². The lowest BCUT2D eigenvalue weighted by molar-refractivity contribution is -0.0500. The minimum absolute atomic E-state index is 0.0508. The second kappa shape index (κ2) is 7.53. The van der Waals surface area contributed by atoms with Crippen LogP contribution in [0.4, 0.5) is 13.2 Å². The molecule has 0 aliphatic heterocycles. The maximum Gasteiger partial charge on any atom is 0.534 e. The standard InChI is InChI=1S/C18H10ClF3O6S/c19-12-3-1-2-10(6-12)15(23)7-11-8-17(24)27-16-5-4-13(9-14(11)16)28-29(25,26)18(20,21)22/h1-6,8-9H,7H2. The molecule has 0 aliphatic rings. The van der Waals surface area contributed by atoms with Crippen LogP contribution in [-0.4, -0.2) is 19.7 Å². The molecule has 0 spiro atoms. The molecule has 2 aromatic carbocycles. The number of benzene rings is 2. The van der Waals surface area contributed by atoms with Crippen LogP contribution >= 0.6 is 11.6 Å². The van der Waals surface area contributed by atoms with E-state index in [4.69, 9.17) is 16.0 Å². The van der Waals surface area contributed by atoms with Gasteiger partial charge in [-0.1, -0.05) is 23.7 Å². The fourth-order valence-corrected chi connectivity index (χ4v) is 3.16. The summed E-state index contributed by atoms with van der Waals surface area (Å²) in [4.78, 5) is 24.2. The van der Waals surface area contributed by atoms with Crippen molar-refractivity contribution in [3.05, 3.63) is 75.1 Å². The van der Waals surface area contributed by atoms with Gasteiger partial charge in [-0.25, -0.2) is 4.79 Å². The average Bonchev–Trinajstić information content (AvgIpc) is 2.61. The van der Waals surface area contributed by atoms with E-state index < -0.39 is 32.8 Å². The van der Waals surface area contributed by atoms with Crippen LogP contribution in [0, 0.1) is 0 Å². The van der Waals surface area contributed by atoms with E-state index in [1.165, 1.54) is 12.1 Å². The Kier molecular flexibility index (Phi) is 5.42. The number of halogens is 4. The first-order valence-corrected chi connectivity index (χ1v) is 9.61. The number of fused-ring (bicyclic) bond motifs is 1. The SMILES string of the molecule is O=C(Cc1cc(=O)oc2ccc(OS(=O)(=O)C(F)(F)F)cc12)c1cccc(Cl)c1. The van der Waals surface area contributed by atoms with Crippen molar-refractivity contribution < 1.29 is 35.0 Å². The Morgan fingerprint density at radius 3 is 2.48 bits per heavy atom. The summed E-state index contributed by atoms with van der Waals surface area (Å²) in [5.74, 6) is -1.08. The zero-order chi connectivity index (χ0) is 21.4. The molecular formula is C18H10ClF3O6S. The quantitative estimate of drug-likeness (QED) is 0.254. The molecule has 3 aromatic rings. The Morgan fingerprint density at radius 2 is 1.83 bits per heavy atom. The van der Waals surface area contributed by atoms with Crippen molar-refractivity contribution in [3.63, 3.8) is 0 Å². The number of carbonyl (C=O) groups excluding carboxylic acids is 1. The van der Waals surface area contributed by atoms with Crippen LogP contribution in [0.3, 0.4) is 0 Å². The molecule has 11 heteroatoms. The second-order valence-electron chi connectivity index (χ2n) is 5.84. The molecule has 0 saturated heterocycles. The predicted octanol–water partition coefficient (Wildman–Crippen LogP) is 4.10. The molecule has 152 valence electrons. The van der Waals surface area contributed by atoms with Crippen LogP contribution < -0.4 is 9.81 Å². The van der Waals surface area contributed by atoms with Crippen LogP contribution in [0.2, 0.25) is 5.02 Å². The van der Waals surface area contributed by atoms with Gasteiger partial charge in [0, 0.05) is 28.5 Å². The molecule has 6 nitrogen and oxygen atoms in total. The molecule has 0 aliphatic carbocycles. The van der Waals surface area contributed by atoms with E-state index in [9.17, 15) is 31.2 Å². The van der Waals surface area contributed by atoms with Crippen LogP contribution in [0.1, 0.15) is 15.9 Å². The fourth-order valence-electron chi connectivity index (χ4n) is 2.52. The lowest BCUT2D eigenvalue weighted by Crippen LogP contribution is -2.28. The number of carbonyl (C=O) groups is 1.